The summed E-state index contributed by atoms with van der Waals surface area (Å²) in [5, 5.41) is 8.26. The number of unbranched alkanes of at least 4 members (excludes halogenated alkanes) is 3. The van der Waals surface area contributed by atoms with Gasteiger partial charge in [0.2, 0.25) is 17.7 Å². The Morgan fingerprint density at radius 2 is 1.43 bits per heavy atom. The average Bonchev–Trinajstić information content (AvgIpc) is 3.96. The lowest BCUT2D eigenvalue weighted by Crippen LogP contribution is -2.53. The molecule has 3 aliphatic heterocycles. The van der Waals surface area contributed by atoms with Gasteiger partial charge in [-0.1, -0.05) is 24.6 Å². The molecular weight excluding hydrogens is 1030 g/mol. The number of quaternary nitrogens is 2. The van der Waals surface area contributed by atoms with Gasteiger partial charge < -0.3 is 47.3 Å². The number of imide groups is 1. The van der Waals surface area contributed by atoms with Crippen molar-refractivity contribution >= 4 is 74.5 Å². The topological polar surface area (TPSA) is 268 Å². The molecule has 1 fully saturated rings. The Morgan fingerprint density at radius 1 is 0.776 bits per heavy atom. The van der Waals surface area contributed by atoms with E-state index in [1.54, 1.807) is 42.5 Å². The Hall–Kier alpha value is -5.67. The molecule has 1 saturated heterocycles. The number of fused-ring (bicyclic) bond motifs is 2. The molecule has 0 spiro atoms. The van der Waals surface area contributed by atoms with Crippen molar-refractivity contribution in [3.05, 3.63) is 76.3 Å². The summed E-state index contributed by atoms with van der Waals surface area (Å²) in [6, 6.07) is 7.46. The van der Waals surface area contributed by atoms with Crippen molar-refractivity contribution in [2.24, 2.45) is 0 Å². The van der Waals surface area contributed by atoms with E-state index in [0.717, 1.165) is 22.1 Å². The molecule has 0 aliphatic carbocycles. The number of halogens is 2. The van der Waals surface area contributed by atoms with Gasteiger partial charge in [-0.05, 0) is 87.2 Å². The number of hydroxylamine groups is 2. The summed E-state index contributed by atoms with van der Waals surface area (Å²) < 4.78 is 106. The predicted molar refractivity (Wildman–Crippen MR) is 280 cm³/mol. The molecule has 0 bridgehead atoms. The van der Waals surface area contributed by atoms with Gasteiger partial charge in [0.25, 0.3) is 32.1 Å². The summed E-state index contributed by atoms with van der Waals surface area (Å²) in [4.78, 5) is 81.3. The van der Waals surface area contributed by atoms with Gasteiger partial charge >= 0.3 is 12.9 Å². The van der Waals surface area contributed by atoms with Gasteiger partial charge in [-0.25, -0.2) is 4.79 Å². The number of carbonyl (C=O) groups excluding carboxylic acids is 6. The number of carbonyl (C=O) groups is 6. The molecule has 21 nitrogen and oxygen atoms in total. The molecule has 420 valence electrons. The first-order chi connectivity index (χ1) is 35.4. The van der Waals surface area contributed by atoms with E-state index in [0.29, 0.717) is 75.7 Å². The van der Waals surface area contributed by atoms with Crippen LogP contribution in [0.5, 0.6) is 0 Å². The Balaban J connectivity index is 1.31. The zero-order valence-corrected chi connectivity index (χ0v) is 46.0. The molecule has 2 aromatic rings. The lowest BCUT2D eigenvalue weighted by molar-refractivity contribution is -0.870. The van der Waals surface area contributed by atoms with Crippen LogP contribution in [-0.2, 0) is 66.7 Å². The van der Waals surface area contributed by atoms with E-state index in [9.17, 15) is 54.7 Å². The van der Waals surface area contributed by atoms with Crippen LogP contribution in [0.1, 0.15) is 112 Å². The highest BCUT2D eigenvalue weighted by Crippen LogP contribution is 2.40. The smallest absolute Gasteiger partial charge is 0.394 e. The van der Waals surface area contributed by atoms with E-state index in [4.69, 9.17) is 4.84 Å². The summed E-state index contributed by atoms with van der Waals surface area (Å²) in [6.45, 7) is -2.97. The number of allylic oxidation sites excluding steroid dienone is 2. The Kier molecular flexibility index (Phi) is 21.0. The normalized spacial score (nSPS) is 16.4. The van der Waals surface area contributed by atoms with Gasteiger partial charge in [0.05, 0.1) is 61.1 Å². The lowest BCUT2D eigenvalue weighted by Gasteiger charge is -2.32. The largest absolute Gasteiger partial charge is 0.737 e. The number of hydrogen-bond acceptors (Lipinski definition) is 11. The van der Waals surface area contributed by atoms with Crippen molar-refractivity contribution in [2.45, 2.75) is 115 Å². The van der Waals surface area contributed by atoms with Crippen molar-refractivity contribution in [2.75, 3.05) is 73.4 Å². The van der Waals surface area contributed by atoms with Gasteiger partial charge in [0, 0.05) is 80.1 Å². The number of hydrogen-bond donors (Lipinski definition) is 5. The van der Waals surface area contributed by atoms with E-state index in [-0.39, 0.29) is 80.7 Å². The fourth-order valence-electron chi connectivity index (χ4n) is 9.44. The maximum absolute atomic E-state index is 17.6. The molecule has 0 saturated carbocycles. The molecule has 2 atom stereocenters. The number of nitrogens with zero attached hydrogens (tertiary/aromatic N) is 5. The minimum Gasteiger partial charge on any atom is -0.394 e. The average molecular weight is 1110 g/mol. The molecule has 3 aliphatic rings. The molecule has 1 aromatic heterocycles. The highest BCUT2D eigenvalue weighted by atomic mass is 32.2. The van der Waals surface area contributed by atoms with E-state index in [1.807, 2.05) is 42.3 Å². The fraction of sp³-hybridized carbons (Fsp3) is 0.580. The molecule has 2 unspecified atom stereocenters. The standard InChI is InChI=1S/C50H73BF2N8O13S2/c1-60(2,3)28-14-12-21-39(33-46(63)54-27-13-8-11-22-49(66)74-59-47(64)25-26-48(59)65)55-50(67)41(35-76(71,72)73)56-45(62)24-23-40-31-37(20-16-30-75(68,69)70)43-34-44-38(19-15-29-61(4,5)6)32-42(36-17-9-7-10-18-36)58(44)51(52,53)57(40)43/h7,9-10,17-18,31-32,34,39,41H,8,11-16,19-30,33,35H2,1-6H3,(H3-2,54,55,56,62,63,67,68,69,70,71,72,73)/p+2. The molecule has 4 heterocycles. The fourth-order valence-corrected chi connectivity index (χ4v) is 10.6. The second-order valence-electron chi connectivity index (χ2n) is 21.8. The maximum Gasteiger partial charge on any atom is 0.737 e. The zero-order chi connectivity index (χ0) is 56.2. The molecule has 5 N–H and O–H groups in total. The van der Waals surface area contributed by atoms with Crippen molar-refractivity contribution in [1.82, 2.24) is 25.5 Å². The highest BCUT2D eigenvalue weighted by molar-refractivity contribution is 7.86. The maximum atomic E-state index is 17.6. The summed E-state index contributed by atoms with van der Waals surface area (Å²) in [6.07, 6.45) is 6.00. The summed E-state index contributed by atoms with van der Waals surface area (Å²) in [5.41, 5.74) is 2.21. The summed E-state index contributed by atoms with van der Waals surface area (Å²) in [5.74, 6) is -6.17. The number of rotatable bonds is 31. The minimum atomic E-state index is -4.91. The first-order valence-electron chi connectivity index (χ1n) is 25.7. The first kappa shape index (κ1) is 61.2. The van der Waals surface area contributed by atoms with Gasteiger partial charge in [-0.2, -0.15) is 16.8 Å². The van der Waals surface area contributed by atoms with Crippen LogP contribution in [0, 0.1) is 0 Å². The van der Waals surface area contributed by atoms with Crippen LogP contribution >= 0.6 is 0 Å². The van der Waals surface area contributed by atoms with E-state index in [2.05, 4.69) is 16.0 Å². The molecule has 26 heteroatoms. The Bertz CT molecular complexity index is 2790. The molecule has 1 aromatic carbocycles. The van der Waals surface area contributed by atoms with Crippen LogP contribution in [0.25, 0.3) is 6.08 Å². The minimum absolute atomic E-state index is 0.00987. The van der Waals surface area contributed by atoms with Gasteiger partial charge in [0.1, 0.15) is 11.8 Å². The monoisotopic (exact) mass is 1110 g/mol. The number of aryl methyl sites for hydroxylation is 2. The third kappa shape index (κ3) is 18.8. The third-order valence-electron chi connectivity index (χ3n) is 13.1. The Labute approximate surface area is 444 Å². The number of benzene rings is 1. The molecule has 5 rings (SSSR count). The zero-order valence-electron chi connectivity index (χ0n) is 44.4. The van der Waals surface area contributed by atoms with Gasteiger partial charge in [0.15, 0.2) is 11.4 Å². The first-order valence-corrected chi connectivity index (χ1v) is 29.0. The molecular formula is C50H75BF2N8O13S2+2. The van der Waals surface area contributed by atoms with Crippen molar-refractivity contribution in [1.29, 1.82) is 0 Å². The van der Waals surface area contributed by atoms with Gasteiger partial charge in [-0.15, -0.1) is 5.06 Å². The third-order valence-corrected chi connectivity index (χ3v) is 14.7. The second-order valence-corrected chi connectivity index (χ2v) is 24.9. The molecule has 5 amide bonds. The van der Waals surface area contributed by atoms with Crippen molar-refractivity contribution < 1.29 is 81.6 Å². The van der Waals surface area contributed by atoms with Crippen LogP contribution in [-0.4, -0.2) is 183 Å². The lowest BCUT2D eigenvalue weighted by atomic mass is 9.88. The Morgan fingerprint density at radius 3 is 2.07 bits per heavy atom. The molecule has 76 heavy (non-hydrogen) atoms. The number of amides is 5. The van der Waals surface area contributed by atoms with Crippen molar-refractivity contribution in [3.63, 3.8) is 0 Å². The SMILES string of the molecule is C[N+](C)(C)CCCCC(CC(=O)NCCCCCC(=O)ON1C(=O)CCC1=O)NC(=O)C(CS(=O)(=O)O)NC(=O)CCc1cc(CCCS(=O)(=O)O)c2n1[B-](F)(F)[N+]1=C(c3ccccc3)C=C(CCC[N+](C)(C)C)C1=C2. The van der Waals surface area contributed by atoms with Crippen LogP contribution in [0.4, 0.5) is 8.63 Å². The summed E-state index contributed by atoms with van der Waals surface area (Å²) in [7, 11) is 2.81. The van der Waals surface area contributed by atoms with Crippen LogP contribution in [0.15, 0.2) is 53.7 Å². The van der Waals surface area contributed by atoms with Crippen LogP contribution in [0.2, 0.25) is 0 Å². The van der Waals surface area contributed by atoms with E-state index in [1.165, 1.54) is 6.07 Å². The van der Waals surface area contributed by atoms with Gasteiger partial charge in [-0.3, -0.25) is 33.1 Å². The number of nitrogens with one attached hydrogen (secondary N) is 3. The van der Waals surface area contributed by atoms with Crippen LogP contribution in [0.3, 0.4) is 0 Å². The van der Waals surface area contributed by atoms with Crippen molar-refractivity contribution in [3.8, 4) is 0 Å². The van der Waals surface area contributed by atoms with Crippen LogP contribution < -0.4 is 16.0 Å². The molecule has 0 radical (unpaired) electrons. The summed E-state index contributed by atoms with van der Waals surface area (Å²) >= 11 is 0. The highest BCUT2D eigenvalue weighted by Gasteiger charge is 2.54. The van der Waals surface area contributed by atoms with E-state index < -0.39 is 92.7 Å². The predicted octanol–water partition coefficient (Wildman–Crippen LogP) is 3.15. The number of aromatic nitrogens is 1. The van der Waals surface area contributed by atoms with E-state index >= 15 is 8.63 Å². The quantitative estimate of drug-likeness (QED) is 0.0239. The second kappa shape index (κ2) is 26.1.